The number of carbonyl (C=O) groups excluding carboxylic acids is 2. The smallest absolute Gasteiger partial charge is 0.410 e. The van der Waals surface area contributed by atoms with E-state index in [4.69, 9.17) is 9.47 Å². The summed E-state index contributed by atoms with van der Waals surface area (Å²) in [5.74, 6) is -0.201. The van der Waals surface area contributed by atoms with Gasteiger partial charge in [0.15, 0.2) is 0 Å². The quantitative estimate of drug-likeness (QED) is 0.883. The van der Waals surface area contributed by atoms with Crippen LogP contribution in [0.3, 0.4) is 0 Å². The molecule has 2 aliphatic heterocycles. The summed E-state index contributed by atoms with van der Waals surface area (Å²) in [7, 11) is 0. The molecule has 2 heterocycles. The fourth-order valence-electron chi connectivity index (χ4n) is 3.58. The highest BCUT2D eigenvalue weighted by Crippen LogP contribution is 2.21. The van der Waals surface area contributed by atoms with Crippen LogP contribution in [0, 0.1) is 5.92 Å². The van der Waals surface area contributed by atoms with Crippen molar-refractivity contribution in [2.24, 2.45) is 5.92 Å². The maximum atomic E-state index is 12.6. The molecule has 1 N–H and O–H groups in total. The Morgan fingerprint density at radius 1 is 1.26 bits per heavy atom. The van der Waals surface area contributed by atoms with Crippen LogP contribution in [-0.4, -0.2) is 48.2 Å². The van der Waals surface area contributed by atoms with Gasteiger partial charge in [0.05, 0.1) is 18.6 Å². The van der Waals surface area contributed by atoms with E-state index in [-0.39, 0.29) is 24.0 Å². The third-order valence-electron chi connectivity index (χ3n) is 4.99. The number of fused-ring (bicyclic) bond motifs is 1. The number of hydrogen-bond donors (Lipinski definition) is 1. The molecule has 2 atom stereocenters. The second-order valence-corrected chi connectivity index (χ2v) is 8.42. The Balaban J connectivity index is 1.47. The van der Waals surface area contributed by atoms with E-state index in [1.165, 1.54) is 11.1 Å². The minimum atomic E-state index is -0.527. The Kier molecular flexibility index (Phi) is 6.05. The second kappa shape index (κ2) is 8.30. The van der Waals surface area contributed by atoms with Crippen molar-refractivity contribution in [2.45, 2.75) is 58.3 Å². The largest absolute Gasteiger partial charge is 0.444 e. The zero-order valence-electron chi connectivity index (χ0n) is 16.5. The first-order valence-electron chi connectivity index (χ1n) is 9.76. The molecule has 6 nitrogen and oxygen atoms in total. The number of rotatable bonds is 3. The summed E-state index contributed by atoms with van der Waals surface area (Å²) in [4.78, 5) is 26.5. The Hall–Kier alpha value is -2.08. The lowest BCUT2D eigenvalue weighted by Gasteiger charge is -2.34. The number of carbonyl (C=O) groups is 2. The monoisotopic (exact) mass is 374 g/mol. The van der Waals surface area contributed by atoms with E-state index in [1.54, 1.807) is 4.90 Å². The highest BCUT2D eigenvalue weighted by Gasteiger charge is 2.31. The number of nitrogens with zero attached hydrogens (tertiary/aromatic N) is 1. The van der Waals surface area contributed by atoms with Crippen LogP contribution in [0.5, 0.6) is 0 Å². The van der Waals surface area contributed by atoms with Gasteiger partial charge in [0, 0.05) is 26.1 Å². The van der Waals surface area contributed by atoms with Crippen LogP contribution in [0.15, 0.2) is 24.3 Å². The molecule has 1 aromatic carbocycles. The van der Waals surface area contributed by atoms with E-state index in [9.17, 15) is 9.59 Å². The molecule has 0 bridgehead atoms. The minimum absolute atomic E-state index is 0.00519. The molecule has 1 fully saturated rings. The van der Waals surface area contributed by atoms with Crippen molar-refractivity contribution in [2.75, 3.05) is 19.6 Å². The van der Waals surface area contributed by atoms with Crippen LogP contribution >= 0.6 is 0 Å². The van der Waals surface area contributed by atoms with Crippen molar-refractivity contribution in [3.8, 4) is 0 Å². The summed E-state index contributed by atoms with van der Waals surface area (Å²) in [5.41, 5.74) is 1.98. The van der Waals surface area contributed by atoms with Gasteiger partial charge in [0.25, 0.3) is 0 Å². The van der Waals surface area contributed by atoms with Crippen molar-refractivity contribution in [1.29, 1.82) is 0 Å². The first kappa shape index (κ1) is 19.7. The molecule has 27 heavy (non-hydrogen) atoms. The molecular formula is C21H30N2O4. The van der Waals surface area contributed by atoms with Gasteiger partial charge in [-0.2, -0.15) is 0 Å². The molecule has 3 rings (SSSR count). The van der Waals surface area contributed by atoms with Crippen molar-refractivity contribution in [1.82, 2.24) is 10.2 Å². The highest BCUT2D eigenvalue weighted by molar-refractivity contribution is 5.80. The van der Waals surface area contributed by atoms with Crippen LogP contribution in [0.2, 0.25) is 0 Å². The van der Waals surface area contributed by atoms with E-state index in [0.717, 1.165) is 19.3 Å². The van der Waals surface area contributed by atoms with Gasteiger partial charge >= 0.3 is 6.09 Å². The summed E-state index contributed by atoms with van der Waals surface area (Å²) >= 11 is 0. The summed E-state index contributed by atoms with van der Waals surface area (Å²) in [6.45, 7) is 7.68. The summed E-state index contributed by atoms with van der Waals surface area (Å²) < 4.78 is 11.3. The minimum Gasteiger partial charge on any atom is -0.444 e. The SMILES string of the molecule is CC(C)(C)OC(=O)N1CCCC(C(=O)NCC2Cc3ccccc3CO2)C1. The van der Waals surface area contributed by atoms with Gasteiger partial charge in [0.1, 0.15) is 5.60 Å². The first-order valence-corrected chi connectivity index (χ1v) is 9.76. The van der Waals surface area contributed by atoms with Gasteiger partial charge in [-0.3, -0.25) is 4.79 Å². The molecule has 6 heteroatoms. The number of ether oxygens (including phenoxy) is 2. The normalized spacial score (nSPS) is 22.7. The van der Waals surface area contributed by atoms with Crippen LogP contribution in [0.1, 0.15) is 44.7 Å². The number of piperidine rings is 1. The average molecular weight is 374 g/mol. The first-order chi connectivity index (χ1) is 12.8. The Morgan fingerprint density at radius 2 is 2.00 bits per heavy atom. The maximum absolute atomic E-state index is 12.6. The molecule has 2 amide bonds. The average Bonchev–Trinajstić information content (AvgIpc) is 2.64. The number of hydrogen-bond acceptors (Lipinski definition) is 4. The molecule has 0 aliphatic carbocycles. The molecule has 0 spiro atoms. The van der Waals surface area contributed by atoms with Gasteiger partial charge in [-0.1, -0.05) is 24.3 Å². The number of nitrogens with one attached hydrogen (secondary N) is 1. The van der Waals surface area contributed by atoms with E-state index < -0.39 is 5.60 Å². The lowest BCUT2D eigenvalue weighted by Crippen LogP contribution is -2.48. The molecule has 148 valence electrons. The van der Waals surface area contributed by atoms with Crippen molar-refractivity contribution >= 4 is 12.0 Å². The van der Waals surface area contributed by atoms with Gasteiger partial charge in [-0.05, 0) is 44.7 Å². The highest BCUT2D eigenvalue weighted by atomic mass is 16.6. The van der Waals surface area contributed by atoms with Crippen LogP contribution < -0.4 is 5.32 Å². The van der Waals surface area contributed by atoms with Crippen LogP contribution in [0.25, 0.3) is 0 Å². The Bertz CT molecular complexity index is 683. The van der Waals surface area contributed by atoms with Gasteiger partial charge < -0.3 is 19.7 Å². The zero-order valence-corrected chi connectivity index (χ0v) is 16.5. The summed E-state index contributed by atoms with van der Waals surface area (Å²) in [5, 5.41) is 3.02. The predicted octanol–water partition coefficient (Wildman–Crippen LogP) is 2.89. The fourth-order valence-corrected chi connectivity index (χ4v) is 3.58. The fraction of sp³-hybridized carbons (Fsp3) is 0.619. The molecule has 0 aromatic heterocycles. The molecule has 0 saturated carbocycles. The van der Waals surface area contributed by atoms with E-state index in [1.807, 2.05) is 32.9 Å². The molecular weight excluding hydrogens is 344 g/mol. The Morgan fingerprint density at radius 3 is 2.74 bits per heavy atom. The lowest BCUT2D eigenvalue weighted by molar-refractivity contribution is -0.127. The third kappa shape index (κ3) is 5.45. The number of amides is 2. The van der Waals surface area contributed by atoms with Crippen molar-refractivity contribution in [3.63, 3.8) is 0 Å². The van der Waals surface area contributed by atoms with E-state index in [0.29, 0.717) is 26.2 Å². The maximum Gasteiger partial charge on any atom is 0.410 e. The van der Waals surface area contributed by atoms with Crippen LogP contribution in [-0.2, 0) is 27.3 Å². The molecule has 0 radical (unpaired) electrons. The number of benzene rings is 1. The third-order valence-corrected chi connectivity index (χ3v) is 4.99. The zero-order chi connectivity index (χ0) is 19.4. The Labute approximate surface area is 161 Å². The van der Waals surface area contributed by atoms with Gasteiger partial charge in [0.2, 0.25) is 5.91 Å². The molecule has 2 aliphatic rings. The lowest BCUT2D eigenvalue weighted by atomic mass is 9.96. The number of likely N-dealkylation sites (tertiary alicyclic amines) is 1. The molecule has 2 unspecified atom stereocenters. The van der Waals surface area contributed by atoms with Gasteiger partial charge in [-0.15, -0.1) is 0 Å². The standard InChI is InChI=1S/C21H30N2O4/c1-21(2,3)27-20(25)23-10-6-9-16(13-23)19(24)22-12-18-11-15-7-4-5-8-17(15)14-26-18/h4-5,7-8,16,18H,6,9-14H2,1-3H3,(H,22,24). The van der Waals surface area contributed by atoms with Crippen molar-refractivity contribution in [3.05, 3.63) is 35.4 Å². The van der Waals surface area contributed by atoms with E-state index >= 15 is 0 Å². The molecule has 1 aromatic rings. The van der Waals surface area contributed by atoms with Crippen molar-refractivity contribution < 1.29 is 19.1 Å². The summed E-state index contributed by atoms with van der Waals surface area (Å²) in [6, 6.07) is 8.25. The van der Waals surface area contributed by atoms with Gasteiger partial charge in [-0.25, -0.2) is 4.79 Å². The van der Waals surface area contributed by atoms with Crippen LogP contribution in [0.4, 0.5) is 4.79 Å². The predicted molar refractivity (Wildman–Crippen MR) is 102 cm³/mol. The topological polar surface area (TPSA) is 67.9 Å². The van der Waals surface area contributed by atoms with E-state index in [2.05, 4.69) is 17.4 Å². The second-order valence-electron chi connectivity index (χ2n) is 8.42. The summed E-state index contributed by atoms with van der Waals surface area (Å²) in [6.07, 6.45) is 2.07. The molecule has 1 saturated heterocycles.